The fourth-order valence-electron chi connectivity index (χ4n) is 7.90. The van der Waals surface area contributed by atoms with Gasteiger partial charge in [-0.3, -0.25) is 4.68 Å². The summed E-state index contributed by atoms with van der Waals surface area (Å²) in [6.45, 7) is 19.2. The molecule has 2 aromatic heterocycles. The highest BCUT2D eigenvalue weighted by atomic mass is 16.6. The zero-order valence-electron chi connectivity index (χ0n) is 29.3. The fourth-order valence-corrected chi connectivity index (χ4v) is 7.90. The molecule has 0 radical (unpaired) electrons. The quantitative estimate of drug-likeness (QED) is 0.198. The van der Waals surface area contributed by atoms with Gasteiger partial charge >= 0.3 is 6.09 Å². The summed E-state index contributed by atoms with van der Waals surface area (Å²) in [7, 11) is 1.67. The third kappa shape index (κ3) is 6.83. The molecule has 3 saturated carbocycles. The van der Waals surface area contributed by atoms with Gasteiger partial charge in [-0.25, -0.2) is 14.8 Å². The summed E-state index contributed by atoms with van der Waals surface area (Å²) in [6, 6.07) is 10.2. The number of hydrazone groups is 1. The predicted molar refractivity (Wildman–Crippen MR) is 186 cm³/mol. The van der Waals surface area contributed by atoms with Gasteiger partial charge in [0.05, 0.1) is 19.3 Å². The number of nitrogens with one attached hydrogen (secondary N) is 1. The number of hydrogen-bond acceptors (Lipinski definition) is 8. The first-order chi connectivity index (χ1) is 22.3. The van der Waals surface area contributed by atoms with Crippen molar-refractivity contribution in [1.29, 1.82) is 0 Å². The number of hydrogen-bond donors (Lipinski definition) is 1. The van der Waals surface area contributed by atoms with Gasteiger partial charge in [-0.2, -0.15) is 10.2 Å². The van der Waals surface area contributed by atoms with Crippen LogP contribution in [0.3, 0.4) is 0 Å². The summed E-state index contributed by atoms with van der Waals surface area (Å²) < 4.78 is 13.2. The molecule has 3 aliphatic carbocycles. The van der Waals surface area contributed by atoms with Crippen molar-refractivity contribution in [2.45, 2.75) is 117 Å². The normalized spacial score (nSPS) is 22.1. The SMILES string of the molecule is C=NN(Cc1ccc(OC)cc1)c1nc(C)cc(N2CCc3c(c(C)nn3CC34CCC(NC(=O)OC(C)(C)C)(CC3)CC4)C2)c1C. The van der Waals surface area contributed by atoms with E-state index in [9.17, 15) is 4.79 Å². The van der Waals surface area contributed by atoms with Crippen LogP contribution in [-0.2, 0) is 30.8 Å². The average Bonchev–Trinajstić information content (AvgIpc) is 3.34. The molecule has 47 heavy (non-hydrogen) atoms. The third-order valence-electron chi connectivity index (χ3n) is 10.6. The first-order valence-corrected chi connectivity index (χ1v) is 17.0. The molecule has 7 rings (SSSR count). The summed E-state index contributed by atoms with van der Waals surface area (Å²) in [5.74, 6) is 1.66. The molecule has 1 aliphatic heterocycles. The van der Waals surface area contributed by atoms with Crippen LogP contribution >= 0.6 is 0 Å². The van der Waals surface area contributed by atoms with E-state index in [0.29, 0.717) is 6.54 Å². The van der Waals surface area contributed by atoms with E-state index in [1.807, 2.05) is 57.0 Å². The molecule has 4 aliphatic rings. The maximum absolute atomic E-state index is 12.6. The Bertz CT molecular complexity index is 1610. The Hall–Kier alpha value is -4.08. The molecule has 2 bridgehead atoms. The first-order valence-electron chi connectivity index (χ1n) is 17.0. The molecule has 252 valence electrons. The summed E-state index contributed by atoms with van der Waals surface area (Å²) in [5, 5.41) is 14.7. The number of fused-ring (bicyclic) bond motifs is 4. The van der Waals surface area contributed by atoms with E-state index in [4.69, 9.17) is 19.6 Å². The van der Waals surface area contributed by atoms with Crippen LogP contribution in [0.2, 0.25) is 0 Å². The van der Waals surface area contributed by atoms with Gasteiger partial charge in [0.15, 0.2) is 5.82 Å². The number of rotatable bonds is 9. The van der Waals surface area contributed by atoms with E-state index in [0.717, 1.165) is 98.7 Å². The Morgan fingerprint density at radius 3 is 2.38 bits per heavy atom. The van der Waals surface area contributed by atoms with E-state index in [2.05, 4.69) is 46.6 Å². The maximum Gasteiger partial charge on any atom is 0.408 e. The molecule has 10 nitrogen and oxygen atoms in total. The van der Waals surface area contributed by atoms with Crippen LogP contribution in [0, 0.1) is 26.2 Å². The number of amides is 1. The molecule has 1 amide bonds. The summed E-state index contributed by atoms with van der Waals surface area (Å²) in [4.78, 5) is 20.0. The molecule has 0 spiro atoms. The van der Waals surface area contributed by atoms with Gasteiger partial charge in [0.2, 0.25) is 0 Å². The minimum absolute atomic E-state index is 0.130. The fraction of sp³-hybridized carbons (Fsp3) is 0.568. The van der Waals surface area contributed by atoms with Gasteiger partial charge in [-0.1, -0.05) is 12.1 Å². The zero-order valence-corrected chi connectivity index (χ0v) is 29.3. The van der Waals surface area contributed by atoms with Gasteiger partial charge in [0.1, 0.15) is 11.4 Å². The monoisotopic (exact) mass is 641 g/mol. The Balaban J connectivity index is 1.16. The molecular weight excluding hydrogens is 590 g/mol. The maximum atomic E-state index is 12.6. The lowest BCUT2D eigenvalue weighted by Crippen LogP contribution is -2.58. The minimum atomic E-state index is -0.487. The van der Waals surface area contributed by atoms with Crippen molar-refractivity contribution in [3.63, 3.8) is 0 Å². The lowest BCUT2D eigenvalue weighted by Gasteiger charge is -2.53. The molecule has 3 heterocycles. The second-order valence-corrected chi connectivity index (χ2v) is 15.0. The molecule has 0 saturated heterocycles. The number of carbonyl (C=O) groups is 1. The van der Waals surface area contributed by atoms with Crippen LogP contribution in [-0.4, -0.2) is 52.4 Å². The predicted octanol–water partition coefficient (Wildman–Crippen LogP) is 7.01. The van der Waals surface area contributed by atoms with Crippen LogP contribution in [0.15, 0.2) is 35.4 Å². The number of aryl methyl sites for hydroxylation is 2. The van der Waals surface area contributed by atoms with E-state index in [1.165, 1.54) is 16.9 Å². The Morgan fingerprint density at radius 1 is 1.09 bits per heavy atom. The second-order valence-electron chi connectivity index (χ2n) is 15.0. The highest BCUT2D eigenvalue weighted by molar-refractivity contribution is 5.69. The summed E-state index contributed by atoms with van der Waals surface area (Å²) in [5.41, 5.74) is 7.78. The summed E-state index contributed by atoms with van der Waals surface area (Å²) in [6.07, 6.45) is 6.97. The van der Waals surface area contributed by atoms with Gasteiger partial charge < -0.3 is 19.7 Å². The molecule has 0 unspecified atom stereocenters. The molecule has 3 aromatic rings. The first kappa shape index (κ1) is 32.8. The molecular formula is C37H51N7O3. The molecule has 0 atom stereocenters. The third-order valence-corrected chi connectivity index (χ3v) is 10.6. The lowest BCUT2D eigenvalue weighted by atomic mass is 9.57. The smallest absolute Gasteiger partial charge is 0.408 e. The van der Waals surface area contributed by atoms with Crippen LogP contribution < -0.4 is 20.0 Å². The molecule has 3 fully saturated rings. The number of benzene rings is 1. The van der Waals surface area contributed by atoms with E-state index >= 15 is 0 Å². The number of ether oxygens (including phenoxy) is 2. The van der Waals surface area contributed by atoms with Gasteiger partial charge in [-0.05, 0) is 109 Å². The van der Waals surface area contributed by atoms with Crippen molar-refractivity contribution in [1.82, 2.24) is 20.1 Å². The number of methoxy groups -OCH3 is 1. The minimum Gasteiger partial charge on any atom is -0.497 e. The van der Waals surface area contributed by atoms with Crippen LogP contribution in [0.5, 0.6) is 5.75 Å². The molecule has 10 heteroatoms. The number of anilines is 2. The van der Waals surface area contributed by atoms with Gasteiger partial charge in [-0.15, -0.1) is 0 Å². The average molecular weight is 642 g/mol. The van der Waals surface area contributed by atoms with E-state index in [1.54, 1.807) is 7.11 Å². The van der Waals surface area contributed by atoms with E-state index in [-0.39, 0.29) is 17.0 Å². The van der Waals surface area contributed by atoms with E-state index < -0.39 is 5.60 Å². The second kappa shape index (κ2) is 12.5. The van der Waals surface area contributed by atoms with Crippen molar-refractivity contribution in [2.24, 2.45) is 10.5 Å². The number of nitrogens with zero attached hydrogens (tertiary/aromatic N) is 6. The standard InChI is InChI=1S/C37H51N7O3/c1-25-21-32(26(2)33(39-25)43(38-7)22-28-9-11-29(46-8)12-10-28)42-20-13-31-30(23-42)27(3)41-44(31)24-36-14-17-37(18-15-36,19-16-36)40-34(45)47-35(4,5)6/h9-12,21H,7,13-20,22-24H2,1-6,8H3,(H,40,45). The van der Waals surface area contributed by atoms with Crippen LogP contribution in [0.4, 0.5) is 16.3 Å². The topological polar surface area (TPSA) is 97.1 Å². The van der Waals surface area contributed by atoms with Gasteiger partial charge in [0.25, 0.3) is 0 Å². The van der Waals surface area contributed by atoms with Crippen molar-refractivity contribution in [3.05, 3.63) is 64.1 Å². The Morgan fingerprint density at radius 2 is 1.77 bits per heavy atom. The largest absolute Gasteiger partial charge is 0.497 e. The number of aromatic nitrogens is 3. The van der Waals surface area contributed by atoms with Crippen molar-refractivity contribution >= 4 is 24.3 Å². The Labute approximate surface area is 279 Å². The number of pyridine rings is 1. The van der Waals surface area contributed by atoms with Crippen molar-refractivity contribution < 1.29 is 14.3 Å². The molecule has 1 N–H and O–H groups in total. The number of alkyl carbamates (subject to hydrolysis) is 1. The van der Waals surface area contributed by atoms with Crippen LogP contribution in [0.25, 0.3) is 0 Å². The highest BCUT2D eigenvalue weighted by Crippen LogP contribution is 2.53. The van der Waals surface area contributed by atoms with Crippen molar-refractivity contribution in [2.75, 3.05) is 23.6 Å². The Kier molecular flexibility index (Phi) is 8.74. The molecule has 1 aromatic carbocycles. The lowest BCUT2D eigenvalue weighted by molar-refractivity contribution is -0.00519. The zero-order chi connectivity index (χ0) is 33.6. The van der Waals surface area contributed by atoms with Crippen LogP contribution in [0.1, 0.15) is 93.1 Å². The van der Waals surface area contributed by atoms with Crippen molar-refractivity contribution in [3.8, 4) is 5.75 Å². The summed E-state index contributed by atoms with van der Waals surface area (Å²) >= 11 is 0. The number of carbonyl (C=O) groups excluding carboxylic acids is 1. The van der Waals surface area contributed by atoms with Gasteiger partial charge in [0, 0.05) is 66.5 Å². The highest BCUT2D eigenvalue weighted by Gasteiger charge is 2.50.